The molecule has 1 atom stereocenters. The van der Waals surface area contributed by atoms with E-state index >= 15 is 0 Å². The van der Waals surface area contributed by atoms with Crippen molar-refractivity contribution in [2.24, 2.45) is 5.73 Å². The van der Waals surface area contributed by atoms with Crippen molar-refractivity contribution in [3.05, 3.63) is 29.3 Å². The summed E-state index contributed by atoms with van der Waals surface area (Å²) in [4.78, 5) is 0. The Labute approximate surface area is 109 Å². The fourth-order valence-electron chi connectivity index (χ4n) is 2.09. The predicted molar refractivity (Wildman–Crippen MR) is 74.0 cm³/mol. The Hall–Kier alpha value is -1.09. The van der Waals surface area contributed by atoms with Crippen LogP contribution in [0.15, 0.2) is 18.2 Å². The first-order chi connectivity index (χ1) is 8.40. The molecule has 0 aromatic heterocycles. The van der Waals surface area contributed by atoms with E-state index in [1.165, 1.54) is 5.56 Å². The second-order valence-corrected chi connectivity index (χ2v) is 5.54. The van der Waals surface area contributed by atoms with E-state index in [1.54, 1.807) is 0 Å². The van der Waals surface area contributed by atoms with E-state index in [2.05, 4.69) is 33.8 Å². The van der Waals surface area contributed by atoms with Crippen LogP contribution in [0.3, 0.4) is 0 Å². The lowest BCUT2D eigenvalue weighted by molar-refractivity contribution is 0.198. The highest BCUT2D eigenvalue weighted by molar-refractivity contribution is 5.44. The van der Waals surface area contributed by atoms with Gasteiger partial charge >= 0.3 is 0 Å². The van der Waals surface area contributed by atoms with Crippen LogP contribution >= 0.6 is 0 Å². The third kappa shape index (κ3) is 3.70. The number of halogens is 1. The third-order valence-electron chi connectivity index (χ3n) is 2.92. The van der Waals surface area contributed by atoms with Crippen LogP contribution < -0.4 is 10.5 Å². The molecule has 0 heterocycles. The van der Waals surface area contributed by atoms with Crippen LogP contribution in [-0.2, 0) is 11.8 Å². The minimum absolute atomic E-state index is 0.00167. The van der Waals surface area contributed by atoms with Gasteiger partial charge in [0.25, 0.3) is 0 Å². The molecule has 0 fully saturated rings. The van der Waals surface area contributed by atoms with Gasteiger partial charge in [0.05, 0.1) is 0 Å². The van der Waals surface area contributed by atoms with Gasteiger partial charge < -0.3 is 10.5 Å². The molecule has 3 heteroatoms. The highest BCUT2D eigenvalue weighted by Crippen LogP contribution is 2.34. The lowest BCUT2D eigenvalue weighted by Crippen LogP contribution is -2.24. The van der Waals surface area contributed by atoms with Crippen LogP contribution in [0.2, 0.25) is 0 Å². The number of hydrogen-bond donors (Lipinski definition) is 1. The normalized spacial score (nSPS) is 13.4. The second kappa shape index (κ2) is 6.19. The maximum atomic E-state index is 13.2. The molecule has 2 nitrogen and oxygen atoms in total. The van der Waals surface area contributed by atoms with Crippen molar-refractivity contribution in [3.8, 4) is 5.75 Å². The summed E-state index contributed by atoms with van der Waals surface area (Å²) in [6.07, 6.45) is -0.164. The largest absolute Gasteiger partial charge is 0.490 e. The van der Waals surface area contributed by atoms with Gasteiger partial charge in [0.2, 0.25) is 0 Å². The van der Waals surface area contributed by atoms with E-state index in [-0.39, 0.29) is 18.6 Å². The van der Waals surface area contributed by atoms with Gasteiger partial charge in [-0.25, -0.2) is 4.39 Å². The van der Waals surface area contributed by atoms with E-state index in [0.717, 1.165) is 17.7 Å². The summed E-state index contributed by atoms with van der Waals surface area (Å²) in [6, 6.07) is 5.96. The van der Waals surface area contributed by atoms with Gasteiger partial charge in [-0.05, 0) is 23.5 Å². The summed E-state index contributed by atoms with van der Waals surface area (Å²) in [6.45, 7) is 8.57. The minimum Gasteiger partial charge on any atom is -0.490 e. The standard InChI is InChI=1S/C15H24FNO/c1-5-11-7-6-8-13(14(11)15(2,3)4)18-10-12(16)9-17/h6-8,12H,5,9-10,17H2,1-4H3. The van der Waals surface area contributed by atoms with Gasteiger partial charge in [0, 0.05) is 12.1 Å². The summed E-state index contributed by atoms with van der Waals surface area (Å²) < 4.78 is 18.8. The molecule has 1 unspecified atom stereocenters. The molecule has 1 rings (SSSR count). The van der Waals surface area contributed by atoms with Crippen molar-refractivity contribution < 1.29 is 9.13 Å². The fourth-order valence-corrected chi connectivity index (χ4v) is 2.09. The average molecular weight is 253 g/mol. The van der Waals surface area contributed by atoms with Crippen molar-refractivity contribution >= 4 is 0 Å². The number of ether oxygens (including phenoxy) is 1. The molecule has 1 aromatic rings. The van der Waals surface area contributed by atoms with Crippen LogP contribution in [0.4, 0.5) is 4.39 Å². The van der Waals surface area contributed by atoms with Crippen molar-refractivity contribution in [2.75, 3.05) is 13.2 Å². The van der Waals surface area contributed by atoms with E-state index in [0.29, 0.717) is 0 Å². The molecule has 102 valence electrons. The molecule has 0 radical (unpaired) electrons. The highest BCUT2D eigenvalue weighted by atomic mass is 19.1. The van der Waals surface area contributed by atoms with E-state index in [4.69, 9.17) is 10.5 Å². The lowest BCUT2D eigenvalue weighted by Gasteiger charge is -2.26. The van der Waals surface area contributed by atoms with Crippen LogP contribution in [0.25, 0.3) is 0 Å². The Morgan fingerprint density at radius 3 is 2.50 bits per heavy atom. The Bertz CT molecular complexity index is 385. The van der Waals surface area contributed by atoms with Gasteiger partial charge in [-0.1, -0.05) is 39.8 Å². The molecule has 1 aromatic carbocycles. The molecule has 2 N–H and O–H groups in total. The Morgan fingerprint density at radius 2 is 2.00 bits per heavy atom. The number of nitrogens with two attached hydrogens (primary N) is 1. The highest BCUT2D eigenvalue weighted by Gasteiger charge is 2.22. The first-order valence-corrected chi connectivity index (χ1v) is 6.49. The van der Waals surface area contributed by atoms with Crippen molar-refractivity contribution in [2.45, 2.75) is 45.7 Å². The third-order valence-corrected chi connectivity index (χ3v) is 2.92. The summed E-state index contributed by atoms with van der Waals surface area (Å²) in [5.41, 5.74) is 7.66. The molecular weight excluding hydrogens is 229 g/mol. The van der Waals surface area contributed by atoms with E-state index < -0.39 is 6.17 Å². The van der Waals surface area contributed by atoms with Crippen LogP contribution in [-0.4, -0.2) is 19.3 Å². The minimum atomic E-state index is -1.11. The topological polar surface area (TPSA) is 35.2 Å². The maximum Gasteiger partial charge on any atom is 0.146 e. The zero-order valence-corrected chi connectivity index (χ0v) is 11.8. The quantitative estimate of drug-likeness (QED) is 0.874. The van der Waals surface area contributed by atoms with Crippen molar-refractivity contribution in [1.29, 1.82) is 0 Å². The molecular formula is C15H24FNO. The maximum absolute atomic E-state index is 13.2. The van der Waals surface area contributed by atoms with Gasteiger partial charge in [-0.2, -0.15) is 0 Å². The van der Waals surface area contributed by atoms with E-state index in [9.17, 15) is 4.39 Å². The first kappa shape index (κ1) is 15.0. The molecule has 0 spiro atoms. The SMILES string of the molecule is CCc1cccc(OCC(F)CN)c1C(C)(C)C. The van der Waals surface area contributed by atoms with Crippen molar-refractivity contribution in [1.82, 2.24) is 0 Å². The second-order valence-electron chi connectivity index (χ2n) is 5.54. The molecule has 18 heavy (non-hydrogen) atoms. The van der Waals surface area contributed by atoms with Gasteiger partial charge in [0.1, 0.15) is 18.5 Å². The lowest BCUT2D eigenvalue weighted by atomic mass is 9.82. The first-order valence-electron chi connectivity index (χ1n) is 6.49. The number of hydrogen-bond acceptors (Lipinski definition) is 2. The zero-order chi connectivity index (χ0) is 13.8. The molecule has 0 saturated heterocycles. The van der Waals surface area contributed by atoms with Gasteiger partial charge in [-0.3, -0.25) is 0 Å². The fraction of sp³-hybridized carbons (Fsp3) is 0.600. The zero-order valence-electron chi connectivity index (χ0n) is 11.8. The monoisotopic (exact) mass is 253 g/mol. The molecule has 0 saturated carbocycles. The number of rotatable bonds is 5. The van der Waals surface area contributed by atoms with Crippen LogP contribution in [0, 0.1) is 0 Å². The smallest absolute Gasteiger partial charge is 0.146 e. The summed E-state index contributed by atoms with van der Waals surface area (Å²) in [5, 5.41) is 0. The van der Waals surface area contributed by atoms with Gasteiger partial charge in [0.15, 0.2) is 0 Å². The van der Waals surface area contributed by atoms with Crippen LogP contribution in [0.1, 0.15) is 38.8 Å². The van der Waals surface area contributed by atoms with Gasteiger partial charge in [-0.15, -0.1) is 0 Å². The molecule has 0 bridgehead atoms. The number of benzene rings is 1. The number of alkyl halides is 1. The average Bonchev–Trinajstić information content (AvgIpc) is 2.33. The van der Waals surface area contributed by atoms with Crippen molar-refractivity contribution in [3.63, 3.8) is 0 Å². The predicted octanol–water partition coefficient (Wildman–Crippen LogP) is 3.22. The Morgan fingerprint density at radius 1 is 1.33 bits per heavy atom. The number of aryl methyl sites for hydroxylation is 1. The van der Waals surface area contributed by atoms with Crippen LogP contribution in [0.5, 0.6) is 5.75 Å². The summed E-state index contributed by atoms with van der Waals surface area (Å²) >= 11 is 0. The molecule has 0 aliphatic rings. The molecule has 0 aliphatic carbocycles. The summed E-state index contributed by atoms with van der Waals surface area (Å²) in [7, 11) is 0. The van der Waals surface area contributed by atoms with E-state index in [1.807, 2.05) is 12.1 Å². The molecule has 0 aliphatic heterocycles. The summed E-state index contributed by atoms with van der Waals surface area (Å²) in [5.74, 6) is 0.776. The molecule has 0 amide bonds. The Balaban J connectivity index is 3.03. The Kier molecular flexibility index (Phi) is 5.15.